The van der Waals surface area contributed by atoms with Crippen molar-refractivity contribution in [1.29, 1.82) is 0 Å². The van der Waals surface area contributed by atoms with Crippen LogP contribution in [0.3, 0.4) is 0 Å². The Morgan fingerprint density at radius 1 is 0.967 bits per heavy atom. The van der Waals surface area contributed by atoms with E-state index in [1.165, 1.54) is 12.1 Å². The molecule has 1 heterocycles. The van der Waals surface area contributed by atoms with Gasteiger partial charge in [0.05, 0.1) is 6.20 Å². The quantitative estimate of drug-likeness (QED) is 0.447. The highest BCUT2D eigenvalue weighted by Gasteiger charge is 2.08. The van der Waals surface area contributed by atoms with Crippen molar-refractivity contribution in [3.05, 3.63) is 72.2 Å². The summed E-state index contributed by atoms with van der Waals surface area (Å²) in [5.74, 6) is 1.11. The van der Waals surface area contributed by atoms with E-state index in [4.69, 9.17) is 4.42 Å². The second-order valence-corrected chi connectivity index (χ2v) is 6.85. The van der Waals surface area contributed by atoms with Gasteiger partial charge in [0.25, 0.3) is 5.91 Å². The summed E-state index contributed by atoms with van der Waals surface area (Å²) < 4.78 is 5.73. The van der Waals surface area contributed by atoms with Gasteiger partial charge in [-0.05, 0) is 31.0 Å². The summed E-state index contributed by atoms with van der Waals surface area (Å²) in [6, 6.07) is 15.9. The monoisotopic (exact) mass is 407 g/mol. The first-order valence-corrected chi connectivity index (χ1v) is 9.96. The van der Waals surface area contributed by atoms with Gasteiger partial charge in [0.1, 0.15) is 5.75 Å². The molecule has 0 aliphatic carbocycles. The Kier molecular flexibility index (Phi) is 7.60. The van der Waals surface area contributed by atoms with Crippen molar-refractivity contribution in [2.75, 3.05) is 13.1 Å². The van der Waals surface area contributed by atoms with Gasteiger partial charge in [0.15, 0.2) is 11.7 Å². The third-order valence-electron chi connectivity index (χ3n) is 4.48. The van der Waals surface area contributed by atoms with Crippen LogP contribution in [0.1, 0.15) is 35.5 Å². The van der Waals surface area contributed by atoms with E-state index in [0.717, 1.165) is 11.3 Å². The van der Waals surface area contributed by atoms with Crippen molar-refractivity contribution in [2.45, 2.75) is 25.7 Å². The van der Waals surface area contributed by atoms with Crippen molar-refractivity contribution in [2.24, 2.45) is 0 Å². The molecule has 0 radical (unpaired) electrons. The number of aromatic hydroxyl groups is 1. The van der Waals surface area contributed by atoms with E-state index >= 15 is 0 Å². The predicted octanol–water partition coefficient (Wildman–Crippen LogP) is 3.31. The summed E-state index contributed by atoms with van der Waals surface area (Å²) in [6.07, 6.45) is 3.96. The second-order valence-electron chi connectivity index (χ2n) is 6.85. The first-order valence-electron chi connectivity index (χ1n) is 9.96. The number of aryl methyl sites for hydroxylation is 1. The fourth-order valence-corrected chi connectivity index (χ4v) is 2.92. The molecule has 7 heteroatoms. The van der Waals surface area contributed by atoms with Crippen molar-refractivity contribution in [3.63, 3.8) is 0 Å². The van der Waals surface area contributed by atoms with E-state index in [9.17, 15) is 14.7 Å². The maximum atomic E-state index is 11.9. The Bertz CT molecular complexity index is 969. The average molecular weight is 407 g/mol. The normalized spacial score (nSPS) is 10.5. The summed E-state index contributed by atoms with van der Waals surface area (Å²) in [7, 11) is 0. The van der Waals surface area contributed by atoms with E-state index < -0.39 is 0 Å². The van der Waals surface area contributed by atoms with E-state index in [1.54, 1.807) is 18.3 Å². The number of nitrogens with one attached hydrogen (secondary N) is 2. The van der Waals surface area contributed by atoms with Crippen molar-refractivity contribution in [1.82, 2.24) is 15.6 Å². The van der Waals surface area contributed by atoms with Crippen LogP contribution in [0.25, 0.3) is 11.3 Å². The molecule has 0 fully saturated rings. The maximum Gasteiger partial charge on any atom is 0.251 e. The summed E-state index contributed by atoms with van der Waals surface area (Å²) >= 11 is 0. The number of nitrogens with zero attached hydrogens (tertiary/aromatic N) is 1. The largest absolute Gasteiger partial charge is 0.508 e. The molecule has 3 aromatic rings. The molecule has 0 aliphatic heterocycles. The summed E-state index contributed by atoms with van der Waals surface area (Å²) in [6.45, 7) is 0.920. The molecule has 0 bridgehead atoms. The molecule has 3 rings (SSSR count). The highest BCUT2D eigenvalue weighted by atomic mass is 16.4. The van der Waals surface area contributed by atoms with Gasteiger partial charge in [-0.15, -0.1) is 0 Å². The number of hydrogen-bond donors (Lipinski definition) is 3. The number of carbonyl (C=O) groups is 2. The fourth-order valence-electron chi connectivity index (χ4n) is 2.92. The molecule has 0 aliphatic rings. The molecule has 30 heavy (non-hydrogen) atoms. The van der Waals surface area contributed by atoms with E-state index in [0.29, 0.717) is 50.2 Å². The number of carbonyl (C=O) groups excluding carboxylic acids is 2. The summed E-state index contributed by atoms with van der Waals surface area (Å²) in [5.41, 5.74) is 1.38. The van der Waals surface area contributed by atoms with E-state index in [1.807, 2.05) is 30.3 Å². The van der Waals surface area contributed by atoms with Crippen LogP contribution in [0.2, 0.25) is 0 Å². The Balaban J connectivity index is 1.27. The Labute approximate surface area is 175 Å². The molecular weight excluding hydrogens is 382 g/mol. The summed E-state index contributed by atoms with van der Waals surface area (Å²) in [4.78, 5) is 28.1. The molecule has 0 unspecified atom stereocenters. The Morgan fingerprint density at radius 3 is 2.57 bits per heavy atom. The van der Waals surface area contributed by atoms with E-state index in [2.05, 4.69) is 15.6 Å². The van der Waals surface area contributed by atoms with Gasteiger partial charge in [-0.3, -0.25) is 9.59 Å². The molecule has 2 aromatic carbocycles. The number of benzene rings is 2. The Hall–Kier alpha value is -3.61. The van der Waals surface area contributed by atoms with E-state index in [-0.39, 0.29) is 17.6 Å². The zero-order valence-electron chi connectivity index (χ0n) is 16.6. The number of amides is 2. The molecule has 0 saturated carbocycles. The van der Waals surface area contributed by atoms with Crippen molar-refractivity contribution >= 4 is 11.8 Å². The first kappa shape index (κ1) is 21.1. The highest BCUT2D eigenvalue weighted by Crippen LogP contribution is 2.20. The number of phenolic OH excluding ortho intramolecular Hbond substituents is 1. The van der Waals surface area contributed by atoms with Crippen LogP contribution in [0.4, 0.5) is 0 Å². The average Bonchev–Trinajstić information content (AvgIpc) is 3.23. The van der Waals surface area contributed by atoms with Crippen LogP contribution >= 0.6 is 0 Å². The lowest BCUT2D eigenvalue weighted by Crippen LogP contribution is -2.29. The highest BCUT2D eigenvalue weighted by molar-refractivity contribution is 5.94. The Morgan fingerprint density at radius 2 is 1.77 bits per heavy atom. The molecule has 0 atom stereocenters. The SMILES string of the molecule is O=C(CCCc1ncc(-c2ccccc2)o1)NCCCNC(=O)c1cccc(O)c1. The molecule has 156 valence electrons. The van der Waals surface area contributed by atoms with Crippen molar-refractivity contribution in [3.8, 4) is 17.1 Å². The van der Waals surface area contributed by atoms with Gasteiger partial charge in [0.2, 0.25) is 5.91 Å². The number of rotatable bonds is 10. The molecule has 0 spiro atoms. The number of phenols is 1. The van der Waals surface area contributed by atoms with Gasteiger partial charge in [-0.2, -0.15) is 0 Å². The smallest absolute Gasteiger partial charge is 0.251 e. The maximum absolute atomic E-state index is 11.9. The number of oxazole rings is 1. The number of aromatic nitrogens is 1. The summed E-state index contributed by atoms with van der Waals surface area (Å²) in [5, 5.41) is 15.0. The molecule has 2 amide bonds. The zero-order chi connectivity index (χ0) is 21.2. The molecular formula is C23H25N3O4. The lowest BCUT2D eigenvalue weighted by molar-refractivity contribution is -0.121. The third kappa shape index (κ3) is 6.48. The van der Waals surface area contributed by atoms with Gasteiger partial charge in [0, 0.05) is 37.1 Å². The molecule has 3 N–H and O–H groups in total. The topological polar surface area (TPSA) is 104 Å². The van der Waals surface area contributed by atoms with Crippen LogP contribution in [-0.4, -0.2) is 35.0 Å². The van der Waals surface area contributed by atoms with Crippen LogP contribution in [0.5, 0.6) is 5.75 Å². The second kappa shape index (κ2) is 10.8. The molecule has 1 aromatic heterocycles. The molecule has 7 nitrogen and oxygen atoms in total. The van der Waals surface area contributed by atoms with Gasteiger partial charge in [-0.25, -0.2) is 4.98 Å². The standard InChI is InChI=1S/C23H25N3O4/c27-19-10-4-9-18(15-19)23(29)25-14-6-13-24-21(28)11-5-12-22-26-16-20(30-22)17-7-2-1-3-8-17/h1-4,7-10,15-16,27H,5-6,11-14H2,(H,24,28)(H,25,29). The predicted molar refractivity (Wildman–Crippen MR) is 113 cm³/mol. The first-order chi connectivity index (χ1) is 14.6. The van der Waals surface area contributed by atoms with Crippen LogP contribution < -0.4 is 10.6 Å². The minimum Gasteiger partial charge on any atom is -0.508 e. The van der Waals surface area contributed by atoms with Crippen LogP contribution in [-0.2, 0) is 11.2 Å². The third-order valence-corrected chi connectivity index (χ3v) is 4.48. The minimum absolute atomic E-state index is 0.0378. The lowest BCUT2D eigenvalue weighted by Gasteiger charge is -2.07. The molecule has 0 saturated heterocycles. The lowest BCUT2D eigenvalue weighted by atomic mass is 10.2. The zero-order valence-corrected chi connectivity index (χ0v) is 16.6. The van der Waals surface area contributed by atoms with Crippen molar-refractivity contribution < 1.29 is 19.1 Å². The van der Waals surface area contributed by atoms with Gasteiger partial charge >= 0.3 is 0 Å². The fraction of sp³-hybridized carbons (Fsp3) is 0.261. The van der Waals surface area contributed by atoms with Gasteiger partial charge < -0.3 is 20.2 Å². The number of hydrogen-bond acceptors (Lipinski definition) is 5. The van der Waals surface area contributed by atoms with Gasteiger partial charge in [-0.1, -0.05) is 36.4 Å². The van der Waals surface area contributed by atoms with Crippen LogP contribution in [0, 0.1) is 0 Å². The minimum atomic E-state index is -0.252. The van der Waals surface area contributed by atoms with Crippen LogP contribution in [0.15, 0.2) is 65.2 Å².